The van der Waals surface area contributed by atoms with E-state index in [1.807, 2.05) is 13.8 Å². The van der Waals surface area contributed by atoms with E-state index in [0.717, 1.165) is 0 Å². The maximum atomic E-state index is 13.2. The highest BCUT2D eigenvalue weighted by Crippen LogP contribution is 2.30. The minimum absolute atomic E-state index is 0.303. The molecular formula is C9H10ClFS. The molecule has 0 aliphatic rings. The van der Waals surface area contributed by atoms with Crippen LogP contribution < -0.4 is 0 Å². The van der Waals surface area contributed by atoms with Crippen molar-refractivity contribution in [3.05, 3.63) is 34.6 Å². The van der Waals surface area contributed by atoms with Crippen LogP contribution in [-0.4, -0.2) is 0 Å². The van der Waals surface area contributed by atoms with Crippen molar-refractivity contribution in [1.29, 1.82) is 0 Å². The molecule has 0 radical (unpaired) electrons. The van der Waals surface area contributed by atoms with Crippen molar-refractivity contribution in [2.45, 2.75) is 18.6 Å². The summed E-state index contributed by atoms with van der Waals surface area (Å²) in [6.07, 6.45) is 0. The van der Waals surface area contributed by atoms with Crippen molar-refractivity contribution < 1.29 is 4.39 Å². The first-order chi connectivity index (χ1) is 5.41. The third-order valence-corrected chi connectivity index (χ3v) is 2.07. The molecule has 0 aliphatic carbocycles. The van der Waals surface area contributed by atoms with Gasteiger partial charge in [0, 0.05) is 15.3 Å². The zero-order valence-electron chi connectivity index (χ0n) is 6.94. The van der Waals surface area contributed by atoms with E-state index in [9.17, 15) is 4.39 Å². The zero-order valence-corrected chi connectivity index (χ0v) is 8.59. The monoisotopic (exact) mass is 204 g/mol. The Labute approximate surface area is 82.2 Å². The number of hydrogen-bond acceptors (Lipinski definition) is 1. The van der Waals surface area contributed by atoms with Gasteiger partial charge in [0.25, 0.3) is 0 Å². The van der Waals surface area contributed by atoms with Crippen molar-refractivity contribution in [2.75, 3.05) is 0 Å². The molecule has 0 amide bonds. The quantitative estimate of drug-likeness (QED) is 0.664. The van der Waals surface area contributed by atoms with Gasteiger partial charge in [0.1, 0.15) is 5.82 Å². The molecule has 0 N–H and O–H groups in total. The Bertz CT molecular complexity index is 291. The van der Waals surface area contributed by atoms with Crippen LogP contribution in [0.5, 0.6) is 0 Å². The lowest BCUT2D eigenvalue weighted by molar-refractivity contribution is 0.588. The number of hydrogen-bond donors (Lipinski definition) is 1. The molecule has 0 aliphatic heterocycles. The molecule has 1 aromatic carbocycles. The normalized spacial score (nSPS) is 11.8. The predicted molar refractivity (Wildman–Crippen MR) is 53.4 cm³/mol. The van der Waals surface area contributed by atoms with Crippen molar-refractivity contribution in [3.63, 3.8) is 0 Å². The molecule has 0 heterocycles. The van der Waals surface area contributed by atoms with Gasteiger partial charge in [0.2, 0.25) is 0 Å². The highest BCUT2D eigenvalue weighted by Gasteiger charge is 2.18. The molecule has 0 atom stereocenters. The second kappa shape index (κ2) is 3.27. The van der Waals surface area contributed by atoms with Crippen LogP contribution in [-0.2, 0) is 4.75 Å². The van der Waals surface area contributed by atoms with Gasteiger partial charge in [-0.1, -0.05) is 17.7 Å². The maximum Gasteiger partial charge on any atom is 0.129 e. The van der Waals surface area contributed by atoms with Crippen LogP contribution in [0.15, 0.2) is 18.2 Å². The van der Waals surface area contributed by atoms with Crippen molar-refractivity contribution in [1.82, 2.24) is 0 Å². The van der Waals surface area contributed by atoms with Gasteiger partial charge in [-0.25, -0.2) is 4.39 Å². The molecule has 1 rings (SSSR count). The van der Waals surface area contributed by atoms with Gasteiger partial charge in [-0.15, -0.1) is 0 Å². The van der Waals surface area contributed by atoms with Gasteiger partial charge in [-0.3, -0.25) is 0 Å². The van der Waals surface area contributed by atoms with Crippen LogP contribution >= 0.6 is 24.2 Å². The zero-order chi connectivity index (χ0) is 9.35. The minimum Gasteiger partial charge on any atom is -0.207 e. The SMILES string of the molecule is CC(C)(S)c1ccc(Cl)cc1F. The number of rotatable bonds is 1. The molecule has 0 spiro atoms. The Balaban J connectivity index is 3.19. The summed E-state index contributed by atoms with van der Waals surface area (Å²) < 4.78 is 12.7. The predicted octanol–water partition coefficient (Wildman–Crippen LogP) is 3.64. The first-order valence-corrected chi connectivity index (χ1v) is 4.41. The summed E-state index contributed by atoms with van der Waals surface area (Å²) in [5, 5.41) is 0.411. The summed E-state index contributed by atoms with van der Waals surface area (Å²) in [6, 6.07) is 4.62. The summed E-state index contributed by atoms with van der Waals surface area (Å²) in [5.41, 5.74) is 0.565. The third-order valence-electron chi connectivity index (χ3n) is 1.59. The second-order valence-electron chi connectivity index (χ2n) is 3.18. The van der Waals surface area contributed by atoms with Crippen LogP contribution in [0.1, 0.15) is 19.4 Å². The van der Waals surface area contributed by atoms with E-state index in [4.69, 9.17) is 11.6 Å². The Morgan fingerprint density at radius 3 is 2.42 bits per heavy atom. The van der Waals surface area contributed by atoms with E-state index >= 15 is 0 Å². The van der Waals surface area contributed by atoms with Gasteiger partial charge in [0.15, 0.2) is 0 Å². The highest BCUT2D eigenvalue weighted by molar-refractivity contribution is 7.81. The van der Waals surface area contributed by atoms with E-state index in [-0.39, 0.29) is 5.82 Å². The van der Waals surface area contributed by atoms with E-state index in [0.29, 0.717) is 10.6 Å². The largest absolute Gasteiger partial charge is 0.207 e. The first kappa shape index (κ1) is 9.87. The smallest absolute Gasteiger partial charge is 0.129 e. The molecule has 0 fully saturated rings. The summed E-state index contributed by atoms with van der Waals surface area (Å²) in [7, 11) is 0. The average molecular weight is 205 g/mol. The molecule has 0 nitrogen and oxygen atoms in total. The van der Waals surface area contributed by atoms with E-state index in [1.54, 1.807) is 12.1 Å². The Kier molecular flexibility index (Phi) is 2.69. The Morgan fingerprint density at radius 1 is 1.42 bits per heavy atom. The van der Waals surface area contributed by atoms with Crippen molar-refractivity contribution in [2.24, 2.45) is 0 Å². The molecular weight excluding hydrogens is 195 g/mol. The standard InChI is InChI=1S/C9H10ClFS/c1-9(2,12)7-4-3-6(10)5-8(7)11/h3-5,12H,1-2H3. The molecule has 1 aromatic rings. The van der Waals surface area contributed by atoms with Crippen LogP contribution in [0, 0.1) is 5.82 Å². The molecule has 0 bridgehead atoms. The second-order valence-corrected chi connectivity index (χ2v) is 4.74. The van der Waals surface area contributed by atoms with Crippen molar-refractivity contribution >= 4 is 24.2 Å². The highest BCUT2D eigenvalue weighted by atomic mass is 35.5. The summed E-state index contributed by atoms with van der Waals surface area (Å²) >= 11 is 9.87. The van der Waals surface area contributed by atoms with Crippen LogP contribution in [0.2, 0.25) is 5.02 Å². The number of thiol groups is 1. The molecule has 66 valence electrons. The summed E-state index contributed by atoms with van der Waals surface area (Å²) in [4.78, 5) is 0. The lowest BCUT2D eigenvalue weighted by Crippen LogP contribution is -2.09. The summed E-state index contributed by atoms with van der Waals surface area (Å²) in [6.45, 7) is 3.67. The Morgan fingerprint density at radius 2 is 2.00 bits per heavy atom. The minimum atomic E-state index is -0.464. The molecule has 0 saturated heterocycles. The first-order valence-electron chi connectivity index (χ1n) is 3.59. The van der Waals surface area contributed by atoms with Crippen LogP contribution in [0.25, 0.3) is 0 Å². The Hall–Kier alpha value is -0.210. The fraction of sp³-hybridized carbons (Fsp3) is 0.333. The van der Waals surface area contributed by atoms with Crippen LogP contribution in [0.3, 0.4) is 0 Å². The average Bonchev–Trinajstić information content (AvgIpc) is 1.83. The number of halogens is 2. The fourth-order valence-corrected chi connectivity index (χ4v) is 1.33. The van der Waals surface area contributed by atoms with Gasteiger partial charge in [0.05, 0.1) is 0 Å². The molecule has 0 unspecified atom stereocenters. The number of benzene rings is 1. The molecule has 3 heteroatoms. The fourth-order valence-electron chi connectivity index (χ4n) is 0.986. The van der Waals surface area contributed by atoms with Crippen LogP contribution in [0.4, 0.5) is 4.39 Å². The van der Waals surface area contributed by atoms with Gasteiger partial charge < -0.3 is 0 Å². The lowest BCUT2D eigenvalue weighted by atomic mass is 10.0. The lowest BCUT2D eigenvalue weighted by Gasteiger charge is -2.18. The maximum absolute atomic E-state index is 13.2. The molecule has 0 saturated carbocycles. The van der Waals surface area contributed by atoms with E-state index < -0.39 is 4.75 Å². The molecule has 12 heavy (non-hydrogen) atoms. The van der Waals surface area contributed by atoms with Gasteiger partial charge >= 0.3 is 0 Å². The van der Waals surface area contributed by atoms with E-state index in [2.05, 4.69) is 12.6 Å². The van der Waals surface area contributed by atoms with Crippen molar-refractivity contribution in [3.8, 4) is 0 Å². The van der Waals surface area contributed by atoms with Gasteiger partial charge in [-0.05, 0) is 26.0 Å². The topological polar surface area (TPSA) is 0 Å². The van der Waals surface area contributed by atoms with E-state index in [1.165, 1.54) is 6.07 Å². The summed E-state index contributed by atoms with van der Waals surface area (Å²) in [5.74, 6) is -0.303. The molecule has 0 aromatic heterocycles. The third kappa shape index (κ3) is 2.14. The van der Waals surface area contributed by atoms with Gasteiger partial charge in [-0.2, -0.15) is 12.6 Å².